The van der Waals surface area contributed by atoms with Crippen molar-refractivity contribution < 1.29 is 24.5 Å². The van der Waals surface area contributed by atoms with Gasteiger partial charge in [-0.25, -0.2) is 4.79 Å². The van der Waals surface area contributed by atoms with Gasteiger partial charge in [0.1, 0.15) is 5.56 Å². The predicted molar refractivity (Wildman–Crippen MR) is 198 cm³/mol. The van der Waals surface area contributed by atoms with Gasteiger partial charge in [0.15, 0.2) is 0 Å². The first-order valence-electron chi connectivity index (χ1n) is 15.4. The first-order valence-corrected chi connectivity index (χ1v) is 16.1. The summed E-state index contributed by atoms with van der Waals surface area (Å²) in [6.45, 7) is 5.05. The Morgan fingerprint density at radius 2 is 1.25 bits per heavy atom. The number of aromatic nitrogens is 2. The number of nitro groups is 2. The zero-order valence-electron chi connectivity index (χ0n) is 27.4. The largest absolute Gasteiger partial charge is 0.462 e. The lowest BCUT2D eigenvalue weighted by Crippen LogP contribution is -2.09. The van der Waals surface area contributed by atoms with Crippen LogP contribution in [0.1, 0.15) is 34.0 Å². The Hall–Kier alpha value is -5.89. The summed E-state index contributed by atoms with van der Waals surface area (Å²) in [6.07, 6.45) is 2.99. The van der Waals surface area contributed by atoms with E-state index in [9.17, 15) is 30.1 Å². The van der Waals surface area contributed by atoms with Gasteiger partial charge in [0.05, 0.1) is 45.5 Å². The molecular formula is C36H30Cl2N6O7. The molecule has 6 rings (SSSR count). The number of fused-ring (bicyclic) bond motifs is 2. The fraction of sp³-hybridized carbons (Fsp3) is 0.139. The molecular weight excluding hydrogens is 699 g/mol. The highest BCUT2D eigenvalue weighted by Gasteiger charge is 2.19. The summed E-state index contributed by atoms with van der Waals surface area (Å²) >= 11 is 12.2. The molecule has 0 atom stereocenters. The number of ether oxygens (including phenoxy) is 1. The molecule has 0 fully saturated rings. The molecule has 13 nitrogen and oxygen atoms in total. The van der Waals surface area contributed by atoms with Gasteiger partial charge in [-0.15, -0.1) is 0 Å². The van der Waals surface area contributed by atoms with Crippen LogP contribution in [0.5, 0.6) is 0 Å². The lowest BCUT2D eigenvalue weighted by molar-refractivity contribution is -0.385. The van der Waals surface area contributed by atoms with Crippen LogP contribution in [-0.2, 0) is 11.3 Å². The van der Waals surface area contributed by atoms with Crippen LogP contribution in [0, 0.1) is 34.1 Å². The molecule has 2 heterocycles. The van der Waals surface area contributed by atoms with E-state index in [1.54, 1.807) is 87.6 Å². The number of aliphatic hydroxyl groups is 1. The number of benzene rings is 4. The number of halogens is 2. The minimum Gasteiger partial charge on any atom is -0.462 e. The molecule has 0 saturated carbocycles. The summed E-state index contributed by atoms with van der Waals surface area (Å²) in [4.78, 5) is 42.4. The van der Waals surface area contributed by atoms with Crippen molar-refractivity contribution in [2.24, 2.45) is 0 Å². The molecule has 0 saturated heterocycles. The molecule has 15 heteroatoms. The van der Waals surface area contributed by atoms with Gasteiger partial charge in [0.25, 0.3) is 11.4 Å². The molecule has 260 valence electrons. The SMILES string of the molecule is CCOC(=O)c1cnc2ccc(Cl)cc2c1Nc1ccc(C)c([N+](=O)[O-])c1.Cc1ccc(Nc2c(CO)cnc3ccc(Cl)cc23)cc1[N+](=O)[O-]. The van der Waals surface area contributed by atoms with Gasteiger partial charge in [0, 0.05) is 73.4 Å². The standard InChI is InChI=1S/C19H16ClN3O4.C17H14ClN3O3/c1-3-27-19(24)15-10-21-16-7-5-12(20)8-14(16)18(15)22-13-6-4-11(2)17(9-13)23(25)26;1-10-2-4-13(7-16(10)21(23)24)20-17-11(9-22)8-19-15-5-3-12(18)6-14(15)17/h4-10H,3H2,1-2H3,(H,21,22);2-8,22H,9H2,1H3,(H,19,20). The van der Waals surface area contributed by atoms with E-state index in [1.807, 2.05) is 0 Å². The lowest BCUT2D eigenvalue weighted by atomic mass is 10.1. The summed E-state index contributed by atoms with van der Waals surface area (Å²) in [6, 6.07) is 20.0. The van der Waals surface area contributed by atoms with E-state index in [4.69, 9.17) is 27.9 Å². The van der Waals surface area contributed by atoms with Gasteiger partial charge in [-0.05, 0) is 69.3 Å². The van der Waals surface area contributed by atoms with Crippen molar-refractivity contribution in [1.82, 2.24) is 9.97 Å². The number of aryl methyl sites for hydroxylation is 2. The Kier molecular flexibility index (Phi) is 11.2. The van der Waals surface area contributed by atoms with Gasteiger partial charge in [-0.3, -0.25) is 30.2 Å². The van der Waals surface area contributed by atoms with Crippen molar-refractivity contribution in [3.05, 3.63) is 138 Å². The third-order valence-corrected chi connectivity index (χ3v) is 8.22. The zero-order valence-corrected chi connectivity index (χ0v) is 29.0. The summed E-state index contributed by atoms with van der Waals surface area (Å²) < 4.78 is 5.11. The second-order valence-electron chi connectivity index (χ2n) is 11.2. The Morgan fingerprint density at radius 3 is 1.75 bits per heavy atom. The first kappa shape index (κ1) is 36.4. The topological polar surface area (TPSA) is 183 Å². The van der Waals surface area contributed by atoms with Crippen LogP contribution < -0.4 is 10.6 Å². The van der Waals surface area contributed by atoms with Crippen LogP contribution in [-0.4, -0.2) is 37.5 Å². The molecule has 0 aliphatic heterocycles. The Balaban J connectivity index is 0.000000199. The van der Waals surface area contributed by atoms with Crippen molar-refractivity contribution >= 4 is 85.1 Å². The highest BCUT2D eigenvalue weighted by Crippen LogP contribution is 2.34. The number of rotatable bonds is 9. The number of hydrogen-bond acceptors (Lipinski definition) is 11. The van der Waals surface area contributed by atoms with E-state index in [-0.39, 0.29) is 30.2 Å². The van der Waals surface area contributed by atoms with Gasteiger partial charge < -0.3 is 20.5 Å². The number of aliphatic hydroxyl groups excluding tert-OH is 1. The van der Waals surface area contributed by atoms with Crippen LogP contribution in [0.25, 0.3) is 21.8 Å². The third kappa shape index (κ3) is 8.29. The number of carbonyl (C=O) groups is 1. The molecule has 0 radical (unpaired) electrons. The maximum Gasteiger partial charge on any atom is 0.341 e. The fourth-order valence-corrected chi connectivity index (χ4v) is 5.54. The molecule has 2 aromatic heterocycles. The molecule has 4 aromatic carbocycles. The number of esters is 1. The van der Waals surface area contributed by atoms with Crippen LogP contribution in [0.2, 0.25) is 10.0 Å². The molecule has 0 bridgehead atoms. The third-order valence-electron chi connectivity index (χ3n) is 7.75. The van der Waals surface area contributed by atoms with E-state index in [0.29, 0.717) is 65.9 Å². The molecule has 0 aliphatic rings. The Bertz CT molecular complexity index is 2320. The maximum atomic E-state index is 12.4. The molecule has 0 aliphatic carbocycles. The minimum atomic E-state index is -0.545. The van der Waals surface area contributed by atoms with Gasteiger partial charge in [-0.1, -0.05) is 35.3 Å². The number of hydrogen-bond donors (Lipinski definition) is 3. The first-order chi connectivity index (χ1) is 24.4. The molecule has 0 amide bonds. The summed E-state index contributed by atoms with van der Waals surface area (Å²) in [5.41, 5.74) is 5.33. The number of pyridine rings is 2. The maximum absolute atomic E-state index is 12.4. The number of nitrogens with zero attached hydrogens (tertiary/aromatic N) is 4. The monoisotopic (exact) mass is 728 g/mol. The number of carbonyl (C=O) groups excluding carboxylic acids is 1. The number of anilines is 4. The molecule has 6 aromatic rings. The molecule has 51 heavy (non-hydrogen) atoms. The minimum absolute atomic E-state index is 0.0194. The Morgan fingerprint density at radius 1 is 0.765 bits per heavy atom. The van der Waals surface area contributed by atoms with Gasteiger partial charge in [-0.2, -0.15) is 0 Å². The van der Waals surface area contributed by atoms with Crippen LogP contribution in [0.3, 0.4) is 0 Å². The highest BCUT2D eigenvalue weighted by molar-refractivity contribution is 6.32. The molecule has 3 N–H and O–H groups in total. The fourth-order valence-electron chi connectivity index (χ4n) is 5.19. The van der Waals surface area contributed by atoms with E-state index < -0.39 is 15.8 Å². The predicted octanol–water partition coefficient (Wildman–Crippen LogP) is 9.37. The van der Waals surface area contributed by atoms with Crippen molar-refractivity contribution in [2.45, 2.75) is 27.4 Å². The van der Waals surface area contributed by atoms with Crippen LogP contribution >= 0.6 is 23.2 Å². The van der Waals surface area contributed by atoms with E-state index in [0.717, 1.165) is 5.39 Å². The van der Waals surface area contributed by atoms with Crippen molar-refractivity contribution in [3.8, 4) is 0 Å². The quantitative estimate of drug-likeness (QED) is 0.0732. The second-order valence-corrected chi connectivity index (χ2v) is 12.0. The second kappa shape index (κ2) is 15.8. The lowest BCUT2D eigenvalue weighted by Gasteiger charge is -2.14. The summed E-state index contributed by atoms with van der Waals surface area (Å²) in [5, 5.41) is 40.5. The summed E-state index contributed by atoms with van der Waals surface area (Å²) in [7, 11) is 0. The van der Waals surface area contributed by atoms with Gasteiger partial charge in [0.2, 0.25) is 0 Å². The average Bonchev–Trinajstić information content (AvgIpc) is 3.10. The van der Waals surface area contributed by atoms with Crippen LogP contribution in [0.15, 0.2) is 85.2 Å². The van der Waals surface area contributed by atoms with Crippen molar-refractivity contribution in [3.63, 3.8) is 0 Å². The van der Waals surface area contributed by atoms with E-state index >= 15 is 0 Å². The van der Waals surface area contributed by atoms with E-state index in [2.05, 4.69) is 20.6 Å². The highest BCUT2D eigenvalue weighted by atomic mass is 35.5. The zero-order chi connectivity index (χ0) is 36.8. The smallest absolute Gasteiger partial charge is 0.341 e. The normalized spacial score (nSPS) is 10.7. The van der Waals surface area contributed by atoms with Crippen LogP contribution in [0.4, 0.5) is 34.1 Å². The molecule has 0 spiro atoms. The van der Waals surface area contributed by atoms with Crippen molar-refractivity contribution in [2.75, 3.05) is 17.2 Å². The van der Waals surface area contributed by atoms with Crippen molar-refractivity contribution in [1.29, 1.82) is 0 Å². The molecule has 0 unspecified atom stereocenters. The average molecular weight is 730 g/mol. The van der Waals surface area contributed by atoms with E-state index in [1.165, 1.54) is 18.3 Å². The Labute approximate surface area is 301 Å². The number of nitrogens with one attached hydrogen (secondary N) is 2. The van der Waals surface area contributed by atoms with Gasteiger partial charge >= 0.3 is 5.97 Å². The summed E-state index contributed by atoms with van der Waals surface area (Å²) in [5.74, 6) is -0.545. The number of nitro benzene ring substituents is 2.